The van der Waals surface area contributed by atoms with Crippen LogP contribution < -0.4 is 0 Å². The number of pyridine rings is 1. The third-order valence-corrected chi connectivity index (χ3v) is 7.34. The average molecular weight is 518 g/mol. The average Bonchev–Trinajstić information content (AvgIpc) is 3.18. The van der Waals surface area contributed by atoms with Gasteiger partial charge in [-0.05, 0) is 30.2 Å². The molecule has 0 radical (unpaired) electrons. The number of halogens is 3. The summed E-state index contributed by atoms with van der Waals surface area (Å²) in [6, 6.07) is 6.36. The molecule has 4 heterocycles. The third kappa shape index (κ3) is 4.80. The Balaban J connectivity index is 1.35. The topological polar surface area (TPSA) is 81.9 Å². The van der Waals surface area contributed by atoms with Crippen LogP contribution in [0.5, 0.6) is 0 Å². The number of nitrogens with zero attached hydrogens (tertiary/aromatic N) is 5. The summed E-state index contributed by atoms with van der Waals surface area (Å²) in [6.07, 6.45) is 2.32. The van der Waals surface area contributed by atoms with Crippen molar-refractivity contribution in [2.24, 2.45) is 0 Å². The number of rotatable bonds is 6. The van der Waals surface area contributed by atoms with E-state index in [1.807, 2.05) is 26.5 Å². The molecule has 0 unspecified atom stereocenters. The molecule has 0 atom stereocenters. The van der Waals surface area contributed by atoms with Crippen molar-refractivity contribution >= 4 is 34.5 Å². The van der Waals surface area contributed by atoms with Gasteiger partial charge < -0.3 is 14.6 Å². The van der Waals surface area contributed by atoms with Crippen LogP contribution in [0.3, 0.4) is 0 Å². The fraction of sp³-hybridized carbons (Fsp3) is 0.400. The highest BCUT2D eigenvalue weighted by molar-refractivity contribution is 6.30. The number of benzene rings is 1. The predicted octanol–water partition coefficient (Wildman–Crippen LogP) is 2.60. The highest BCUT2D eigenvalue weighted by atomic mass is 35.5. The number of carboxylic acid groups (broad SMARTS) is 1. The Labute approximate surface area is 211 Å². The Morgan fingerprint density at radius 2 is 1.75 bits per heavy atom. The van der Waals surface area contributed by atoms with Crippen LogP contribution in [-0.4, -0.2) is 87.0 Å². The van der Waals surface area contributed by atoms with E-state index in [-0.39, 0.29) is 31.1 Å². The Morgan fingerprint density at radius 3 is 2.47 bits per heavy atom. The van der Waals surface area contributed by atoms with Crippen molar-refractivity contribution in [3.63, 3.8) is 0 Å². The van der Waals surface area contributed by atoms with Crippen LogP contribution in [0, 0.1) is 11.6 Å². The summed E-state index contributed by atoms with van der Waals surface area (Å²) in [6.45, 7) is 3.79. The zero-order valence-electron chi connectivity index (χ0n) is 19.6. The van der Waals surface area contributed by atoms with Crippen molar-refractivity contribution in [3.05, 3.63) is 63.9 Å². The van der Waals surface area contributed by atoms with Crippen LogP contribution in [0.2, 0.25) is 5.02 Å². The molecule has 0 bridgehead atoms. The molecule has 8 nitrogen and oxygen atoms in total. The van der Waals surface area contributed by atoms with E-state index in [9.17, 15) is 18.4 Å². The van der Waals surface area contributed by atoms with Crippen LogP contribution >= 0.6 is 11.6 Å². The minimum absolute atomic E-state index is 0.00638. The van der Waals surface area contributed by atoms with Crippen molar-refractivity contribution in [2.75, 3.05) is 45.8 Å². The molecule has 2 aliphatic heterocycles. The number of carboxylic acids is 1. The van der Waals surface area contributed by atoms with Crippen LogP contribution in [0.1, 0.15) is 16.8 Å². The fourth-order valence-electron chi connectivity index (χ4n) is 5.09. The van der Waals surface area contributed by atoms with E-state index in [2.05, 4.69) is 4.98 Å². The van der Waals surface area contributed by atoms with Gasteiger partial charge in [0.15, 0.2) is 0 Å². The van der Waals surface area contributed by atoms with Crippen LogP contribution in [0.4, 0.5) is 8.78 Å². The second-order valence-electron chi connectivity index (χ2n) is 9.23. The molecule has 1 saturated heterocycles. The summed E-state index contributed by atoms with van der Waals surface area (Å²) in [5.74, 6) is -2.46. The molecule has 3 aromatic rings. The third-order valence-electron chi connectivity index (χ3n) is 6.99. The van der Waals surface area contributed by atoms with E-state index in [4.69, 9.17) is 16.7 Å². The normalized spacial score (nSPS) is 16.9. The monoisotopic (exact) mass is 517 g/mol. The maximum atomic E-state index is 14.7. The minimum Gasteiger partial charge on any atom is -0.480 e. The number of carbonyl (C=O) groups excluding carboxylic acids is 1. The molecule has 1 amide bonds. The molecular weight excluding hydrogens is 492 g/mol. The van der Waals surface area contributed by atoms with Gasteiger partial charge in [0.25, 0.3) is 0 Å². The molecule has 1 fully saturated rings. The number of amides is 1. The van der Waals surface area contributed by atoms with Crippen molar-refractivity contribution in [1.82, 2.24) is 24.3 Å². The van der Waals surface area contributed by atoms with E-state index in [0.717, 1.165) is 22.7 Å². The number of hydrogen-bond donors (Lipinski definition) is 1. The molecule has 11 heteroatoms. The van der Waals surface area contributed by atoms with Gasteiger partial charge in [-0.1, -0.05) is 17.7 Å². The Bertz CT molecular complexity index is 1320. The van der Waals surface area contributed by atoms with Gasteiger partial charge in [-0.15, -0.1) is 0 Å². The smallest absolute Gasteiger partial charge is 0.317 e. The van der Waals surface area contributed by atoms with Crippen molar-refractivity contribution in [1.29, 1.82) is 0 Å². The molecule has 36 heavy (non-hydrogen) atoms. The first-order chi connectivity index (χ1) is 17.3. The molecule has 5 rings (SSSR count). The van der Waals surface area contributed by atoms with E-state index < -0.39 is 22.6 Å². The van der Waals surface area contributed by atoms with Crippen molar-refractivity contribution < 1.29 is 23.5 Å². The lowest BCUT2D eigenvalue weighted by Crippen LogP contribution is -2.51. The fourth-order valence-corrected chi connectivity index (χ4v) is 5.27. The van der Waals surface area contributed by atoms with E-state index in [1.54, 1.807) is 11.1 Å². The summed E-state index contributed by atoms with van der Waals surface area (Å²) in [4.78, 5) is 34.3. The molecule has 2 aliphatic rings. The summed E-state index contributed by atoms with van der Waals surface area (Å²) in [5, 5.41) is 9.39. The van der Waals surface area contributed by atoms with Gasteiger partial charge in [0.2, 0.25) is 5.91 Å². The number of hydrogen-bond acceptors (Lipinski definition) is 5. The first-order valence-electron chi connectivity index (χ1n) is 11.8. The van der Waals surface area contributed by atoms with Gasteiger partial charge in [-0.2, -0.15) is 0 Å². The molecule has 0 saturated carbocycles. The number of aliphatic carboxylic acids is 1. The number of fused-ring (bicyclic) bond motifs is 3. The van der Waals surface area contributed by atoms with Crippen molar-refractivity contribution in [3.8, 4) is 0 Å². The highest BCUT2D eigenvalue weighted by Crippen LogP contribution is 2.32. The van der Waals surface area contributed by atoms with E-state index >= 15 is 0 Å². The van der Waals surface area contributed by atoms with Gasteiger partial charge in [-0.3, -0.25) is 19.4 Å². The van der Waals surface area contributed by atoms with Gasteiger partial charge >= 0.3 is 5.97 Å². The second kappa shape index (κ2) is 10.1. The van der Waals surface area contributed by atoms with Gasteiger partial charge in [0, 0.05) is 55.6 Å². The molecule has 1 N–H and O–H groups in total. The second-order valence-corrected chi connectivity index (χ2v) is 9.61. The number of aromatic nitrogens is 2. The van der Waals surface area contributed by atoms with Gasteiger partial charge in [-0.25, -0.2) is 13.8 Å². The first kappa shape index (κ1) is 24.6. The Hall–Kier alpha value is -3.08. The van der Waals surface area contributed by atoms with Crippen LogP contribution in [-0.2, 0) is 29.1 Å². The lowest BCUT2D eigenvalue weighted by molar-refractivity contribution is -0.139. The molecule has 190 valence electrons. The predicted molar refractivity (Wildman–Crippen MR) is 130 cm³/mol. The summed E-state index contributed by atoms with van der Waals surface area (Å²) in [7, 11) is 0. The maximum absolute atomic E-state index is 14.7. The lowest BCUT2D eigenvalue weighted by atomic mass is 10.0. The largest absolute Gasteiger partial charge is 0.480 e. The molecule has 2 aromatic heterocycles. The summed E-state index contributed by atoms with van der Waals surface area (Å²) in [5.41, 5.74) is 2.90. The standard InChI is InChI=1S/C25H26ClF2N5O3/c26-23-19(27)4-3-16(24(23)28)12-33-20-13-32(7-5-17(20)18-2-1-6-29-25(18)33)21(34)14-30-8-10-31(11-9-30)15-22(35)36/h1-4,6H,5,7-15H2,(H,35,36). The molecule has 0 spiro atoms. The summed E-state index contributed by atoms with van der Waals surface area (Å²) < 4.78 is 30.3. The zero-order chi connectivity index (χ0) is 25.4. The van der Waals surface area contributed by atoms with Crippen molar-refractivity contribution in [2.45, 2.75) is 19.5 Å². The molecular formula is C25H26ClF2N5O3. The quantitative estimate of drug-likeness (QED) is 0.506. The number of piperazine rings is 1. The zero-order valence-corrected chi connectivity index (χ0v) is 20.3. The van der Waals surface area contributed by atoms with Crippen LogP contribution in [0.25, 0.3) is 11.0 Å². The molecule has 0 aliphatic carbocycles. The lowest BCUT2D eigenvalue weighted by Gasteiger charge is -2.35. The first-order valence-corrected chi connectivity index (χ1v) is 12.2. The Morgan fingerprint density at radius 1 is 1.03 bits per heavy atom. The van der Waals surface area contributed by atoms with E-state index in [0.29, 0.717) is 51.3 Å². The molecule has 1 aromatic carbocycles. The summed E-state index contributed by atoms with van der Waals surface area (Å²) >= 11 is 5.81. The van der Waals surface area contributed by atoms with Gasteiger partial charge in [0.1, 0.15) is 22.3 Å². The number of carbonyl (C=O) groups is 2. The van der Waals surface area contributed by atoms with Gasteiger partial charge in [0.05, 0.1) is 26.2 Å². The Kier molecular flexibility index (Phi) is 6.92. The van der Waals surface area contributed by atoms with E-state index in [1.165, 1.54) is 6.07 Å². The minimum atomic E-state index is -0.851. The van der Waals surface area contributed by atoms with Crippen LogP contribution in [0.15, 0.2) is 30.5 Å². The highest BCUT2D eigenvalue weighted by Gasteiger charge is 2.29. The maximum Gasteiger partial charge on any atom is 0.317 e. The SMILES string of the molecule is O=C(O)CN1CCN(CC(=O)N2CCc3c(n(Cc4ccc(F)c(Cl)c4F)c4ncccc34)C2)CC1.